The van der Waals surface area contributed by atoms with Gasteiger partial charge in [0.1, 0.15) is 0 Å². The van der Waals surface area contributed by atoms with Gasteiger partial charge in [0, 0.05) is 32.9 Å². The largest absolute Gasteiger partial charge is 0.476 e. The van der Waals surface area contributed by atoms with Crippen molar-refractivity contribution in [3.63, 3.8) is 0 Å². The SMILES string of the molecule is CN1CCN(c2ccc(-c3cc(C(=O)O)nn3C)cc2)CC1=O. The zero-order chi connectivity index (χ0) is 16.6. The number of hydrogen-bond acceptors (Lipinski definition) is 4. The van der Waals surface area contributed by atoms with Gasteiger partial charge in [-0.3, -0.25) is 9.48 Å². The Labute approximate surface area is 133 Å². The molecular weight excluding hydrogens is 296 g/mol. The van der Waals surface area contributed by atoms with E-state index >= 15 is 0 Å². The van der Waals surface area contributed by atoms with Crippen LogP contribution in [0.4, 0.5) is 5.69 Å². The number of aryl methyl sites for hydroxylation is 1. The van der Waals surface area contributed by atoms with Gasteiger partial charge in [-0.05, 0) is 23.8 Å². The van der Waals surface area contributed by atoms with Gasteiger partial charge in [-0.25, -0.2) is 4.79 Å². The van der Waals surface area contributed by atoms with Crippen molar-refractivity contribution in [2.75, 3.05) is 31.6 Å². The maximum absolute atomic E-state index is 11.8. The number of amides is 1. The molecule has 3 rings (SSSR count). The molecule has 7 nitrogen and oxygen atoms in total. The molecule has 1 aliphatic heterocycles. The van der Waals surface area contributed by atoms with Crippen molar-refractivity contribution in [2.45, 2.75) is 0 Å². The molecule has 0 atom stereocenters. The average Bonchev–Trinajstić information content (AvgIpc) is 2.92. The summed E-state index contributed by atoms with van der Waals surface area (Å²) in [6, 6.07) is 9.28. The molecule has 7 heteroatoms. The number of carbonyl (C=O) groups is 2. The Morgan fingerprint density at radius 1 is 1.17 bits per heavy atom. The molecule has 1 aromatic carbocycles. The lowest BCUT2D eigenvalue weighted by Gasteiger charge is -2.33. The fourth-order valence-electron chi connectivity index (χ4n) is 2.66. The highest BCUT2D eigenvalue weighted by molar-refractivity contribution is 5.87. The summed E-state index contributed by atoms with van der Waals surface area (Å²) in [6.07, 6.45) is 0. The number of carboxylic acids is 1. The van der Waals surface area contributed by atoms with Gasteiger partial charge in [0.25, 0.3) is 0 Å². The lowest BCUT2D eigenvalue weighted by molar-refractivity contribution is -0.129. The number of aromatic carboxylic acids is 1. The third-order valence-corrected chi connectivity index (χ3v) is 4.08. The Balaban J connectivity index is 1.82. The Bertz CT molecular complexity index is 751. The third kappa shape index (κ3) is 2.90. The lowest BCUT2D eigenvalue weighted by atomic mass is 10.1. The highest BCUT2D eigenvalue weighted by atomic mass is 16.4. The number of benzene rings is 1. The minimum atomic E-state index is -1.04. The summed E-state index contributed by atoms with van der Waals surface area (Å²) < 4.78 is 1.55. The van der Waals surface area contributed by atoms with Gasteiger partial charge in [-0.15, -0.1) is 0 Å². The van der Waals surface area contributed by atoms with Gasteiger partial charge in [0.15, 0.2) is 5.69 Å². The smallest absolute Gasteiger partial charge is 0.356 e. The van der Waals surface area contributed by atoms with Crippen LogP contribution in [0.25, 0.3) is 11.3 Å². The van der Waals surface area contributed by atoms with E-state index in [0.717, 1.165) is 23.5 Å². The van der Waals surface area contributed by atoms with Crippen molar-refractivity contribution in [3.05, 3.63) is 36.0 Å². The van der Waals surface area contributed by atoms with E-state index in [4.69, 9.17) is 5.11 Å². The van der Waals surface area contributed by atoms with Crippen LogP contribution in [-0.2, 0) is 11.8 Å². The number of piperazine rings is 1. The van der Waals surface area contributed by atoms with E-state index in [9.17, 15) is 9.59 Å². The Kier molecular flexibility index (Phi) is 3.77. The van der Waals surface area contributed by atoms with Crippen molar-refractivity contribution in [2.24, 2.45) is 7.05 Å². The van der Waals surface area contributed by atoms with E-state index in [1.165, 1.54) is 0 Å². The van der Waals surface area contributed by atoms with Crippen molar-refractivity contribution < 1.29 is 14.7 Å². The zero-order valence-electron chi connectivity index (χ0n) is 13.1. The number of carboxylic acid groups (broad SMARTS) is 1. The normalized spacial score (nSPS) is 15.1. The van der Waals surface area contributed by atoms with Crippen LogP contribution >= 0.6 is 0 Å². The van der Waals surface area contributed by atoms with E-state index in [1.807, 2.05) is 36.2 Å². The van der Waals surface area contributed by atoms with E-state index < -0.39 is 5.97 Å². The number of carbonyl (C=O) groups excluding carboxylic acids is 1. The van der Waals surface area contributed by atoms with Gasteiger partial charge in [0.2, 0.25) is 5.91 Å². The summed E-state index contributed by atoms with van der Waals surface area (Å²) in [5, 5.41) is 13.0. The van der Waals surface area contributed by atoms with Crippen LogP contribution < -0.4 is 4.90 Å². The van der Waals surface area contributed by atoms with Gasteiger partial charge >= 0.3 is 5.97 Å². The molecule has 0 unspecified atom stereocenters. The second-order valence-corrected chi connectivity index (χ2v) is 5.63. The lowest BCUT2D eigenvalue weighted by Crippen LogP contribution is -2.48. The predicted molar refractivity (Wildman–Crippen MR) is 85.5 cm³/mol. The molecule has 1 N–H and O–H groups in total. The number of hydrogen-bond donors (Lipinski definition) is 1. The molecule has 1 saturated heterocycles. The maximum Gasteiger partial charge on any atom is 0.356 e. The van der Waals surface area contributed by atoms with Gasteiger partial charge in [-0.1, -0.05) is 12.1 Å². The third-order valence-electron chi connectivity index (χ3n) is 4.08. The van der Waals surface area contributed by atoms with Crippen LogP contribution in [-0.4, -0.2) is 58.3 Å². The molecule has 0 bridgehead atoms. The summed E-state index contributed by atoms with van der Waals surface area (Å²) in [5.74, 6) is -0.933. The fraction of sp³-hybridized carbons (Fsp3) is 0.312. The Morgan fingerprint density at radius 2 is 1.87 bits per heavy atom. The topological polar surface area (TPSA) is 78.7 Å². The van der Waals surface area contributed by atoms with Crippen LogP contribution in [0.15, 0.2) is 30.3 Å². The summed E-state index contributed by atoms with van der Waals surface area (Å²) in [4.78, 5) is 26.6. The second-order valence-electron chi connectivity index (χ2n) is 5.63. The minimum Gasteiger partial charge on any atom is -0.476 e. The first-order valence-corrected chi connectivity index (χ1v) is 7.32. The molecule has 120 valence electrons. The molecule has 2 heterocycles. The van der Waals surface area contributed by atoms with Gasteiger partial charge in [0.05, 0.1) is 12.2 Å². The van der Waals surface area contributed by atoms with Crippen molar-refractivity contribution in [3.8, 4) is 11.3 Å². The van der Waals surface area contributed by atoms with Crippen molar-refractivity contribution in [1.29, 1.82) is 0 Å². The molecule has 1 amide bonds. The summed E-state index contributed by atoms with van der Waals surface area (Å²) in [6.45, 7) is 1.89. The molecule has 1 aromatic heterocycles. The monoisotopic (exact) mass is 314 g/mol. The molecule has 0 spiro atoms. The molecule has 0 saturated carbocycles. The maximum atomic E-state index is 11.8. The standard InChI is InChI=1S/C16H18N4O3/c1-18-7-8-20(10-15(18)21)12-5-3-11(4-6-12)14-9-13(16(22)23)17-19(14)2/h3-6,9H,7-8,10H2,1-2H3,(H,22,23). The van der Waals surface area contributed by atoms with Crippen LogP contribution in [0.5, 0.6) is 0 Å². The van der Waals surface area contributed by atoms with E-state index in [1.54, 1.807) is 22.7 Å². The molecular formula is C16H18N4O3. The molecule has 1 aliphatic rings. The quantitative estimate of drug-likeness (QED) is 0.916. The van der Waals surface area contributed by atoms with Crippen LogP contribution in [0, 0.1) is 0 Å². The summed E-state index contributed by atoms with van der Waals surface area (Å²) >= 11 is 0. The first kappa shape index (κ1) is 15.1. The van der Waals surface area contributed by atoms with Crippen LogP contribution in [0.1, 0.15) is 10.5 Å². The van der Waals surface area contributed by atoms with Gasteiger partial charge < -0.3 is 14.9 Å². The first-order valence-electron chi connectivity index (χ1n) is 7.32. The number of anilines is 1. The Morgan fingerprint density at radius 3 is 2.43 bits per heavy atom. The molecule has 0 radical (unpaired) electrons. The van der Waals surface area contributed by atoms with Gasteiger partial charge in [-0.2, -0.15) is 5.10 Å². The molecule has 23 heavy (non-hydrogen) atoms. The fourth-order valence-corrected chi connectivity index (χ4v) is 2.66. The molecule has 0 aliphatic carbocycles. The van der Waals surface area contributed by atoms with Crippen molar-refractivity contribution >= 4 is 17.6 Å². The van der Waals surface area contributed by atoms with Crippen LogP contribution in [0.3, 0.4) is 0 Å². The van der Waals surface area contributed by atoms with Crippen LogP contribution in [0.2, 0.25) is 0 Å². The Hall–Kier alpha value is -2.83. The first-order chi connectivity index (χ1) is 11.0. The number of likely N-dealkylation sites (N-methyl/N-ethyl adjacent to an activating group) is 1. The van der Waals surface area contributed by atoms with E-state index in [0.29, 0.717) is 13.1 Å². The summed E-state index contributed by atoms with van der Waals surface area (Å²) in [7, 11) is 3.53. The number of nitrogens with zero attached hydrogens (tertiary/aromatic N) is 4. The second kappa shape index (κ2) is 5.75. The highest BCUT2D eigenvalue weighted by Gasteiger charge is 2.21. The molecule has 2 aromatic rings. The van der Waals surface area contributed by atoms with E-state index in [2.05, 4.69) is 5.10 Å². The predicted octanol–water partition coefficient (Wildman–Crippen LogP) is 1.06. The number of rotatable bonds is 3. The molecule has 1 fully saturated rings. The highest BCUT2D eigenvalue weighted by Crippen LogP contribution is 2.24. The average molecular weight is 314 g/mol. The summed E-state index contributed by atoms with van der Waals surface area (Å²) in [5.41, 5.74) is 2.63. The van der Waals surface area contributed by atoms with Crippen molar-refractivity contribution in [1.82, 2.24) is 14.7 Å². The number of aromatic nitrogens is 2. The minimum absolute atomic E-state index is 0.0243. The van der Waals surface area contributed by atoms with E-state index in [-0.39, 0.29) is 11.6 Å². The zero-order valence-corrected chi connectivity index (χ0v) is 13.1.